The molecule has 0 saturated heterocycles. The van der Waals surface area contributed by atoms with Gasteiger partial charge in [-0.05, 0) is 31.7 Å². The third-order valence-corrected chi connectivity index (χ3v) is 2.95. The Hall–Kier alpha value is -0.770. The van der Waals surface area contributed by atoms with Crippen molar-refractivity contribution in [1.29, 1.82) is 0 Å². The molecular formula is C13H20ClNO2. The van der Waals surface area contributed by atoms with Gasteiger partial charge in [0.25, 0.3) is 0 Å². The topological polar surface area (TPSA) is 30.5 Å². The third kappa shape index (κ3) is 3.60. The average molecular weight is 258 g/mol. The van der Waals surface area contributed by atoms with E-state index >= 15 is 0 Å². The lowest BCUT2D eigenvalue weighted by Crippen LogP contribution is -2.21. The van der Waals surface area contributed by atoms with Crippen LogP contribution < -0.4 is 10.1 Å². The first-order valence-electron chi connectivity index (χ1n) is 5.61. The van der Waals surface area contributed by atoms with E-state index in [0.717, 1.165) is 28.4 Å². The molecule has 0 aliphatic carbocycles. The molecular weight excluding hydrogens is 238 g/mol. The number of halogens is 1. The molecule has 0 heterocycles. The zero-order valence-corrected chi connectivity index (χ0v) is 11.6. The molecule has 4 heteroatoms. The van der Waals surface area contributed by atoms with Crippen molar-refractivity contribution < 1.29 is 9.47 Å². The molecule has 96 valence electrons. The molecule has 0 aliphatic heterocycles. The van der Waals surface area contributed by atoms with Crippen LogP contribution in [-0.4, -0.2) is 34.4 Å². The van der Waals surface area contributed by atoms with Gasteiger partial charge in [-0.25, -0.2) is 0 Å². The second-order valence-electron chi connectivity index (χ2n) is 4.06. The zero-order valence-electron chi connectivity index (χ0n) is 10.8. The summed E-state index contributed by atoms with van der Waals surface area (Å²) in [6, 6.07) is 3.86. The number of methoxy groups -OCH3 is 2. The first-order chi connectivity index (χ1) is 8.13. The van der Waals surface area contributed by atoms with Crippen molar-refractivity contribution in [2.75, 3.05) is 34.4 Å². The van der Waals surface area contributed by atoms with E-state index in [4.69, 9.17) is 21.1 Å². The SMILES string of the molecule is CNCC(COC)c1cc(Cl)cc(C)c1OC. The normalized spacial score (nSPS) is 12.5. The van der Waals surface area contributed by atoms with E-state index in [-0.39, 0.29) is 5.92 Å². The van der Waals surface area contributed by atoms with Crippen molar-refractivity contribution in [3.63, 3.8) is 0 Å². The highest BCUT2D eigenvalue weighted by Gasteiger charge is 2.18. The first kappa shape index (κ1) is 14.3. The highest BCUT2D eigenvalue weighted by atomic mass is 35.5. The Morgan fingerprint density at radius 3 is 2.59 bits per heavy atom. The van der Waals surface area contributed by atoms with Gasteiger partial charge in [-0.15, -0.1) is 0 Å². The highest BCUT2D eigenvalue weighted by molar-refractivity contribution is 6.30. The van der Waals surface area contributed by atoms with E-state index in [1.54, 1.807) is 14.2 Å². The summed E-state index contributed by atoms with van der Waals surface area (Å²) in [5.74, 6) is 1.13. The van der Waals surface area contributed by atoms with Gasteiger partial charge >= 0.3 is 0 Å². The molecule has 1 aromatic rings. The summed E-state index contributed by atoms with van der Waals surface area (Å²) in [7, 11) is 5.31. The van der Waals surface area contributed by atoms with E-state index in [1.807, 2.05) is 26.1 Å². The van der Waals surface area contributed by atoms with Gasteiger partial charge in [0.15, 0.2) is 0 Å². The Morgan fingerprint density at radius 2 is 2.06 bits per heavy atom. The average Bonchev–Trinajstić information content (AvgIpc) is 2.28. The third-order valence-electron chi connectivity index (χ3n) is 2.73. The van der Waals surface area contributed by atoms with Crippen LogP contribution >= 0.6 is 11.6 Å². The quantitative estimate of drug-likeness (QED) is 0.850. The number of hydrogen-bond acceptors (Lipinski definition) is 3. The molecule has 0 radical (unpaired) electrons. The molecule has 1 rings (SSSR count). The predicted octanol–water partition coefficient (Wildman–Crippen LogP) is 2.61. The van der Waals surface area contributed by atoms with Crippen molar-refractivity contribution in [3.05, 3.63) is 28.3 Å². The van der Waals surface area contributed by atoms with Crippen molar-refractivity contribution in [1.82, 2.24) is 5.32 Å². The Balaban J connectivity index is 3.15. The molecule has 0 amide bonds. The van der Waals surface area contributed by atoms with Crippen molar-refractivity contribution >= 4 is 11.6 Å². The smallest absolute Gasteiger partial charge is 0.125 e. The Kier molecular flexibility index (Phi) is 5.75. The van der Waals surface area contributed by atoms with Crippen molar-refractivity contribution in [2.45, 2.75) is 12.8 Å². The van der Waals surface area contributed by atoms with Gasteiger partial charge in [0.2, 0.25) is 0 Å². The van der Waals surface area contributed by atoms with Gasteiger partial charge in [0, 0.05) is 30.2 Å². The van der Waals surface area contributed by atoms with E-state index < -0.39 is 0 Å². The maximum atomic E-state index is 6.11. The molecule has 0 aliphatic rings. The van der Waals surface area contributed by atoms with Crippen LogP contribution in [0.3, 0.4) is 0 Å². The lowest BCUT2D eigenvalue weighted by atomic mass is 9.96. The second kappa shape index (κ2) is 6.84. The Morgan fingerprint density at radius 1 is 1.35 bits per heavy atom. The summed E-state index contributed by atoms with van der Waals surface area (Å²) in [6.45, 7) is 3.46. The summed E-state index contributed by atoms with van der Waals surface area (Å²) in [6.07, 6.45) is 0. The molecule has 1 unspecified atom stereocenters. The van der Waals surface area contributed by atoms with E-state index in [0.29, 0.717) is 6.61 Å². The summed E-state index contributed by atoms with van der Waals surface area (Å²) in [4.78, 5) is 0. The molecule has 3 nitrogen and oxygen atoms in total. The molecule has 1 aromatic carbocycles. The number of aryl methyl sites for hydroxylation is 1. The number of benzene rings is 1. The summed E-state index contributed by atoms with van der Waals surface area (Å²) in [5.41, 5.74) is 2.14. The minimum Gasteiger partial charge on any atom is -0.496 e. The molecule has 1 N–H and O–H groups in total. The van der Waals surface area contributed by atoms with E-state index in [9.17, 15) is 0 Å². The fourth-order valence-corrected chi connectivity index (χ4v) is 2.33. The van der Waals surface area contributed by atoms with Gasteiger partial charge in [-0.3, -0.25) is 0 Å². The van der Waals surface area contributed by atoms with Crippen LogP contribution in [-0.2, 0) is 4.74 Å². The van der Waals surface area contributed by atoms with E-state index in [2.05, 4.69) is 5.32 Å². The summed E-state index contributed by atoms with van der Waals surface area (Å²) in [5, 5.41) is 3.89. The number of rotatable bonds is 6. The standard InChI is InChI=1S/C13H20ClNO2/c1-9-5-11(14)6-12(13(9)17-4)10(7-15-2)8-16-3/h5-6,10,15H,7-8H2,1-4H3. The zero-order chi connectivity index (χ0) is 12.8. The molecule has 0 spiro atoms. The van der Waals surface area contributed by atoms with Gasteiger partial charge in [0.05, 0.1) is 13.7 Å². The van der Waals surface area contributed by atoms with Crippen molar-refractivity contribution in [2.24, 2.45) is 0 Å². The van der Waals surface area contributed by atoms with Crippen LogP contribution in [0.1, 0.15) is 17.0 Å². The number of likely N-dealkylation sites (N-methyl/N-ethyl adjacent to an activating group) is 1. The summed E-state index contributed by atoms with van der Waals surface area (Å²) < 4.78 is 10.7. The van der Waals surface area contributed by atoms with Gasteiger partial charge in [0.1, 0.15) is 5.75 Å². The van der Waals surface area contributed by atoms with Gasteiger partial charge in [-0.2, -0.15) is 0 Å². The van der Waals surface area contributed by atoms with Crippen LogP contribution in [0, 0.1) is 6.92 Å². The number of nitrogens with one attached hydrogen (secondary N) is 1. The summed E-state index contributed by atoms with van der Waals surface area (Å²) >= 11 is 6.11. The maximum absolute atomic E-state index is 6.11. The molecule has 17 heavy (non-hydrogen) atoms. The molecule has 0 bridgehead atoms. The lowest BCUT2D eigenvalue weighted by molar-refractivity contribution is 0.177. The van der Waals surface area contributed by atoms with Crippen LogP contribution in [0.25, 0.3) is 0 Å². The predicted molar refractivity (Wildman–Crippen MR) is 71.3 cm³/mol. The van der Waals surface area contributed by atoms with Gasteiger partial charge < -0.3 is 14.8 Å². The van der Waals surface area contributed by atoms with Crippen LogP contribution in [0.15, 0.2) is 12.1 Å². The van der Waals surface area contributed by atoms with E-state index in [1.165, 1.54) is 0 Å². The van der Waals surface area contributed by atoms with Crippen LogP contribution in [0.5, 0.6) is 5.75 Å². The fourth-order valence-electron chi connectivity index (χ4n) is 2.04. The minimum absolute atomic E-state index is 0.234. The fraction of sp³-hybridized carbons (Fsp3) is 0.538. The minimum atomic E-state index is 0.234. The number of ether oxygens (including phenoxy) is 2. The van der Waals surface area contributed by atoms with Crippen molar-refractivity contribution in [3.8, 4) is 5.75 Å². The molecule has 0 saturated carbocycles. The highest BCUT2D eigenvalue weighted by Crippen LogP contribution is 2.33. The molecule has 0 fully saturated rings. The Labute approximate surface area is 108 Å². The molecule has 0 aromatic heterocycles. The number of hydrogen-bond donors (Lipinski definition) is 1. The monoisotopic (exact) mass is 257 g/mol. The largest absolute Gasteiger partial charge is 0.496 e. The van der Waals surface area contributed by atoms with Gasteiger partial charge in [-0.1, -0.05) is 11.6 Å². The second-order valence-corrected chi connectivity index (χ2v) is 4.49. The lowest BCUT2D eigenvalue weighted by Gasteiger charge is -2.20. The Bertz CT molecular complexity index is 363. The van der Waals surface area contributed by atoms with Crippen LogP contribution in [0.4, 0.5) is 0 Å². The first-order valence-corrected chi connectivity index (χ1v) is 5.99. The molecule has 1 atom stereocenters. The van der Waals surface area contributed by atoms with Crippen LogP contribution in [0.2, 0.25) is 5.02 Å². The maximum Gasteiger partial charge on any atom is 0.125 e.